The second kappa shape index (κ2) is 5.19. The van der Waals surface area contributed by atoms with E-state index < -0.39 is 6.04 Å². The molecule has 1 saturated carbocycles. The summed E-state index contributed by atoms with van der Waals surface area (Å²) in [7, 11) is 1.36. The molecule has 0 radical (unpaired) electrons. The van der Waals surface area contributed by atoms with Gasteiger partial charge >= 0.3 is 5.97 Å². The summed E-state index contributed by atoms with van der Waals surface area (Å²) >= 11 is 0. The molecule has 0 aliphatic heterocycles. The normalized spacial score (nSPS) is 16.5. The van der Waals surface area contributed by atoms with E-state index in [0.717, 1.165) is 6.54 Å². The number of esters is 1. The maximum Gasteiger partial charge on any atom is 0.327 e. The van der Waals surface area contributed by atoms with Gasteiger partial charge in [-0.15, -0.1) is 0 Å². The van der Waals surface area contributed by atoms with Crippen LogP contribution >= 0.6 is 0 Å². The standard InChI is InChI=1S/C13H17NO3/c1-17-13(16)12(14-8-9-6-7-9)10-4-2-3-5-11(10)15/h2-5,9,12,14-15H,6-8H2,1H3. The molecule has 0 spiro atoms. The molecule has 0 saturated heterocycles. The first-order valence-corrected chi connectivity index (χ1v) is 5.81. The first kappa shape index (κ1) is 11.9. The van der Waals surface area contributed by atoms with Crippen LogP contribution in [0.3, 0.4) is 0 Å². The number of hydrogen-bond acceptors (Lipinski definition) is 4. The van der Waals surface area contributed by atoms with Gasteiger partial charge in [-0.1, -0.05) is 18.2 Å². The molecular formula is C13H17NO3. The predicted molar refractivity (Wildman–Crippen MR) is 63.6 cm³/mol. The smallest absolute Gasteiger partial charge is 0.327 e. The lowest BCUT2D eigenvalue weighted by atomic mass is 10.1. The van der Waals surface area contributed by atoms with E-state index in [1.165, 1.54) is 20.0 Å². The number of benzene rings is 1. The average Bonchev–Trinajstić information content (AvgIpc) is 3.15. The number of phenolic OH excluding ortho intramolecular Hbond substituents is 1. The number of phenols is 1. The highest BCUT2D eigenvalue weighted by Gasteiger charge is 2.27. The van der Waals surface area contributed by atoms with Crippen molar-refractivity contribution >= 4 is 5.97 Å². The van der Waals surface area contributed by atoms with Gasteiger partial charge < -0.3 is 15.2 Å². The van der Waals surface area contributed by atoms with Gasteiger partial charge in [0.15, 0.2) is 0 Å². The molecule has 2 N–H and O–H groups in total. The van der Waals surface area contributed by atoms with E-state index in [1.54, 1.807) is 24.3 Å². The maximum atomic E-state index is 11.7. The minimum atomic E-state index is -0.582. The van der Waals surface area contributed by atoms with Crippen molar-refractivity contribution in [3.05, 3.63) is 29.8 Å². The summed E-state index contributed by atoms with van der Waals surface area (Å²) in [6, 6.07) is 6.25. The second-order valence-electron chi connectivity index (χ2n) is 4.37. The number of ether oxygens (including phenoxy) is 1. The first-order valence-electron chi connectivity index (χ1n) is 5.81. The van der Waals surface area contributed by atoms with E-state index in [9.17, 15) is 9.90 Å². The Morgan fingerprint density at radius 2 is 2.24 bits per heavy atom. The molecule has 1 aliphatic rings. The molecular weight excluding hydrogens is 218 g/mol. The van der Waals surface area contributed by atoms with Crippen LogP contribution in [0.4, 0.5) is 0 Å². The Morgan fingerprint density at radius 1 is 1.53 bits per heavy atom. The van der Waals surface area contributed by atoms with Gasteiger partial charge in [-0.2, -0.15) is 0 Å². The van der Waals surface area contributed by atoms with E-state index in [2.05, 4.69) is 5.32 Å². The number of para-hydroxylation sites is 1. The molecule has 1 atom stereocenters. The largest absolute Gasteiger partial charge is 0.508 e. The molecule has 0 heterocycles. The molecule has 0 aromatic heterocycles. The van der Waals surface area contributed by atoms with Crippen LogP contribution in [0, 0.1) is 5.92 Å². The summed E-state index contributed by atoms with van der Waals surface area (Å²) in [5.74, 6) is 0.409. The Morgan fingerprint density at radius 3 is 2.82 bits per heavy atom. The summed E-state index contributed by atoms with van der Waals surface area (Å²) in [6.07, 6.45) is 2.42. The van der Waals surface area contributed by atoms with Crippen LogP contribution in [-0.2, 0) is 9.53 Å². The predicted octanol–water partition coefficient (Wildman–Crippen LogP) is 1.61. The molecule has 1 aromatic carbocycles. The zero-order valence-electron chi connectivity index (χ0n) is 9.85. The van der Waals surface area contributed by atoms with Crippen LogP contribution in [0.25, 0.3) is 0 Å². The van der Waals surface area contributed by atoms with Crippen LogP contribution in [0.5, 0.6) is 5.75 Å². The monoisotopic (exact) mass is 235 g/mol. The van der Waals surface area contributed by atoms with Crippen molar-refractivity contribution in [3.63, 3.8) is 0 Å². The summed E-state index contributed by atoms with van der Waals surface area (Å²) in [5.41, 5.74) is 0.569. The first-order chi connectivity index (χ1) is 8.22. The highest BCUT2D eigenvalue weighted by atomic mass is 16.5. The fraction of sp³-hybridized carbons (Fsp3) is 0.462. The molecule has 92 valence electrons. The number of nitrogens with one attached hydrogen (secondary N) is 1. The van der Waals surface area contributed by atoms with E-state index in [-0.39, 0.29) is 11.7 Å². The number of carbonyl (C=O) groups excluding carboxylic acids is 1. The Bertz CT molecular complexity index is 401. The van der Waals surface area contributed by atoms with Crippen LogP contribution < -0.4 is 5.32 Å². The zero-order valence-corrected chi connectivity index (χ0v) is 9.85. The lowest BCUT2D eigenvalue weighted by Gasteiger charge is -2.17. The number of aromatic hydroxyl groups is 1. The fourth-order valence-corrected chi connectivity index (χ4v) is 1.78. The molecule has 17 heavy (non-hydrogen) atoms. The minimum Gasteiger partial charge on any atom is -0.508 e. The van der Waals surface area contributed by atoms with Crippen molar-refractivity contribution in [1.82, 2.24) is 5.32 Å². The lowest BCUT2D eigenvalue weighted by molar-refractivity contribution is -0.143. The number of rotatable bonds is 5. The Labute approximate surface area is 101 Å². The fourth-order valence-electron chi connectivity index (χ4n) is 1.78. The third-order valence-electron chi connectivity index (χ3n) is 2.99. The van der Waals surface area contributed by atoms with Crippen LogP contribution in [0.1, 0.15) is 24.4 Å². The molecule has 4 heteroatoms. The van der Waals surface area contributed by atoms with Gasteiger partial charge in [-0.25, -0.2) is 4.79 Å². The highest BCUT2D eigenvalue weighted by molar-refractivity contribution is 5.78. The Balaban J connectivity index is 2.13. The van der Waals surface area contributed by atoms with Gasteiger partial charge in [-0.3, -0.25) is 0 Å². The molecule has 4 nitrogen and oxygen atoms in total. The average molecular weight is 235 g/mol. The summed E-state index contributed by atoms with van der Waals surface area (Å²) < 4.78 is 4.76. The topological polar surface area (TPSA) is 58.6 Å². The number of carbonyl (C=O) groups is 1. The quantitative estimate of drug-likeness (QED) is 0.761. The van der Waals surface area contributed by atoms with Crippen LogP contribution in [0.2, 0.25) is 0 Å². The lowest BCUT2D eigenvalue weighted by Crippen LogP contribution is -2.31. The SMILES string of the molecule is COC(=O)C(NCC1CC1)c1ccccc1O. The van der Waals surface area contributed by atoms with Crippen molar-refractivity contribution in [2.24, 2.45) is 5.92 Å². The van der Waals surface area contributed by atoms with Gasteiger partial charge in [0.2, 0.25) is 0 Å². The van der Waals surface area contributed by atoms with Crippen molar-refractivity contribution in [1.29, 1.82) is 0 Å². The van der Waals surface area contributed by atoms with Gasteiger partial charge in [0.05, 0.1) is 7.11 Å². The zero-order chi connectivity index (χ0) is 12.3. The van der Waals surface area contributed by atoms with Gasteiger partial charge in [0.1, 0.15) is 11.8 Å². The second-order valence-corrected chi connectivity index (χ2v) is 4.37. The third kappa shape index (κ3) is 2.97. The van der Waals surface area contributed by atoms with Crippen molar-refractivity contribution in [2.75, 3.05) is 13.7 Å². The molecule has 1 unspecified atom stereocenters. The minimum absolute atomic E-state index is 0.117. The summed E-state index contributed by atoms with van der Waals surface area (Å²) in [6.45, 7) is 0.786. The molecule has 0 bridgehead atoms. The summed E-state index contributed by atoms with van der Waals surface area (Å²) in [4.78, 5) is 11.7. The van der Waals surface area contributed by atoms with Gasteiger partial charge in [0, 0.05) is 5.56 Å². The van der Waals surface area contributed by atoms with E-state index in [4.69, 9.17) is 4.74 Å². The van der Waals surface area contributed by atoms with E-state index >= 15 is 0 Å². The molecule has 1 aliphatic carbocycles. The van der Waals surface area contributed by atoms with Crippen LogP contribution in [-0.4, -0.2) is 24.7 Å². The number of hydrogen-bond donors (Lipinski definition) is 2. The van der Waals surface area contributed by atoms with E-state index in [1.807, 2.05) is 0 Å². The van der Waals surface area contributed by atoms with Crippen molar-refractivity contribution in [3.8, 4) is 5.75 Å². The molecule has 2 rings (SSSR count). The van der Waals surface area contributed by atoms with Crippen molar-refractivity contribution in [2.45, 2.75) is 18.9 Å². The maximum absolute atomic E-state index is 11.7. The van der Waals surface area contributed by atoms with Crippen molar-refractivity contribution < 1.29 is 14.6 Å². The van der Waals surface area contributed by atoms with Gasteiger partial charge in [0.25, 0.3) is 0 Å². The third-order valence-corrected chi connectivity index (χ3v) is 2.99. The van der Waals surface area contributed by atoms with Gasteiger partial charge in [-0.05, 0) is 31.4 Å². The Kier molecular flexibility index (Phi) is 3.64. The molecule has 1 fully saturated rings. The molecule has 0 amide bonds. The van der Waals surface area contributed by atoms with Crippen LogP contribution in [0.15, 0.2) is 24.3 Å². The number of methoxy groups -OCH3 is 1. The summed E-state index contributed by atoms with van der Waals surface area (Å²) in [5, 5.41) is 12.9. The Hall–Kier alpha value is -1.55. The van der Waals surface area contributed by atoms with E-state index in [0.29, 0.717) is 11.5 Å². The highest BCUT2D eigenvalue weighted by Crippen LogP contribution is 2.30. The molecule has 1 aromatic rings.